The first-order valence-electron chi connectivity index (χ1n) is 12.0. The van der Waals surface area contributed by atoms with Crippen LogP contribution in [0.5, 0.6) is 11.5 Å². The maximum absolute atomic E-state index is 9.73. The van der Waals surface area contributed by atoms with Crippen LogP contribution < -0.4 is 15.2 Å². The molecule has 0 saturated heterocycles. The van der Waals surface area contributed by atoms with E-state index in [0.717, 1.165) is 55.3 Å². The lowest BCUT2D eigenvalue weighted by molar-refractivity contribution is 0.165. The summed E-state index contributed by atoms with van der Waals surface area (Å²) in [5, 5.41) is 9.73. The van der Waals surface area contributed by atoms with E-state index in [1.165, 1.54) is 38.5 Å². The summed E-state index contributed by atoms with van der Waals surface area (Å²) >= 11 is 0. The maximum Gasteiger partial charge on any atom is 0.125 e. The summed E-state index contributed by atoms with van der Waals surface area (Å²) in [6.45, 7) is 9.62. The highest BCUT2D eigenvalue weighted by atomic mass is 16.5. The molecule has 0 radical (unpaired) electrons. The predicted molar refractivity (Wildman–Crippen MR) is 127 cm³/mol. The molecule has 0 aromatic heterocycles. The standard InChI is InChI=1S/C26H47NO3/c1-21(2)12-10-8-6-7-9-11-17-30-24-14-13-23(25(18-24)29-5)15-16-26(27,20-28)19-22(3)4/h13-14,18,21-22,28H,6-12,15-17,19-20,27H2,1-5H3. The number of nitrogens with two attached hydrogens (primary N) is 1. The average molecular weight is 422 g/mol. The fraction of sp³-hybridized carbons (Fsp3) is 0.769. The van der Waals surface area contributed by atoms with Crippen molar-refractivity contribution in [3.05, 3.63) is 23.8 Å². The van der Waals surface area contributed by atoms with Crippen molar-refractivity contribution >= 4 is 0 Å². The van der Waals surface area contributed by atoms with Crippen LogP contribution in [0, 0.1) is 11.8 Å². The number of methoxy groups -OCH3 is 1. The second kappa shape index (κ2) is 14.7. The molecule has 0 aliphatic carbocycles. The van der Waals surface area contributed by atoms with Gasteiger partial charge in [0.25, 0.3) is 0 Å². The number of ether oxygens (including phenoxy) is 2. The monoisotopic (exact) mass is 421 g/mol. The number of aliphatic hydroxyl groups excluding tert-OH is 1. The number of unbranched alkanes of at least 4 members (excludes halogenated alkanes) is 5. The normalized spacial score (nSPS) is 13.6. The molecule has 1 atom stereocenters. The van der Waals surface area contributed by atoms with Crippen molar-refractivity contribution in [3.8, 4) is 11.5 Å². The molecule has 1 aromatic carbocycles. The van der Waals surface area contributed by atoms with Gasteiger partial charge in [0.2, 0.25) is 0 Å². The molecule has 0 spiro atoms. The Hall–Kier alpha value is -1.26. The first kappa shape index (κ1) is 26.8. The van der Waals surface area contributed by atoms with E-state index in [4.69, 9.17) is 15.2 Å². The first-order chi connectivity index (χ1) is 14.3. The highest BCUT2D eigenvalue weighted by Crippen LogP contribution is 2.28. The Kier molecular flexibility index (Phi) is 13.1. The van der Waals surface area contributed by atoms with Gasteiger partial charge in [-0.2, -0.15) is 0 Å². The Morgan fingerprint density at radius 2 is 1.63 bits per heavy atom. The van der Waals surface area contributed by atoms with Crippen LogP contribution in [0.2, 0.25) is 0 Å². The van der Waals surface area contributed by atoms with E-state index in [-0.39, 0.29) is 6.61 Å². The second-order valence-electron chi connectivity index (χ2n) is 9.74. The molecule has 0 saturated carbocycles. The van der Waals surface area contributed by atoms with Crippen LogP contribution in [0.3, 0.4) is 0 Å². The smallest absolute Gasteiger partial charge is 0.125 e. The van der Waals surface area contributed by atoms with Crippen LogP contribution in [0.25, 0.3) is 0 Å². The fourth-order valence-corrected chi connectivity index (χ4v) is 4.02. The number of benzene rings is 1. The molecule has 174 valence electrons. The van der Waals surface area contributed by atoms with E-state index < -0.39 is 5.54 Å². The molecule has 0 bridgehead atoms. The quantitative estimate of drug-likeness (QED) is 0.297. The van der Waals surface area contributed by atoms with Gasteiger partial charge >= 0.3 is 0 Å². The molecule has 0 heterocycles. The molecule has 1 rings (SSSR count). The Bertz CT molecular complexity index is 573. The number of rotatable bonds is 17. The zero-order chi connectivity index (χ0) is 22.4. The topological polar surface area (TPSA) is 64.7 Å². The van der Waals surface area contributed by atoms with Crippen molar-refractivity contribution in [1.82, 2.24) is 0 Å². The molecule has 0 fully saturated rings. The molecular weight excluding hydrogens is 374 g/mol. The lowest BCUT2D eigenvalue weighted by Gasteiger charge is -2.29. The average Bonchev–Trinajstić information content (AvgIpc) is 2.70. The molecule has 3 N–H and O–H groups in total. The van der Waals surface area contributed by atoms with Gasteiger partial charge < -0.3 is 20.3 Å². The van der Waals surface area contributed by atoms with Crippen LogP contribution in [0.4, 0.5) is 0 Å². The SMILES string of the molecule is COc1cc(OCCCCCCCCC(C)C)ccc1CCC(N)(CO)CC(C)C. The minimum Gasteiger partial charge on any atom is -0.496 e. The van der Waals surface area contributed by atoms with Crippen LogP contribution >= 0.6 is 0 Å². The Labute approximate surface area is 185 Å². The molecular formula is C26H47NO3. The Morgan fingerprint density at radius 1 is 0.967 bits per heavy atom. The van der Waals surface area contributed by atoms with Crippen molar-refractivity contribution in [3.63, 3.8) is 0 Å². The van der Waals surface area contributed by atoms with E-state index in [1.54, 1.807) is 7.11 Å². The number of hydrogen-bond acceptors (Lipinski definition) is 4. The summed E-state index contributed by atoms with van der Waals surface area (Å²) in [5.41, 5.74) is 6.97. The van der Waals surface area contributed by atoms with Gasteiger partial charge in [0.1, 0.15) is 11.5 Å². The third-order valence-corrected chi connectivity index (χ3v) is 5.72. The summed E-state index contributed by atoms with van der Waals surface area (Å²) < 4.78 is 11.5. The van der Waals surface area contributed by atoms with E-state index in [0.29, 0.717) is 5.92 Å². The van der Waals surface area contributed by atoms with E-state index in [9.17, 15) is 5.11 Å². The molecule has 0 aliphatic heterocycles. The molecule has 1 unspecified atom stereocenters. The van der Waals surface area contributed by atoms with Crippen LogP contribution in [-0.4, -0.2) is 31.0 Å². The van der Waals surface area contributed by atoms with Crippen LogP contribution in [0.1, 0.15) is 91.0 Å². The van der Waals surface area contributed by atoms with Crippen molar-refractivity contribution in [2.75, 3.05) is 20.3 Å². The van der Waals surface area contributed by atoms with Gasteiger partial charge in [0.15, 0.2) is 0 Å². The molecule has 0 aliphatic rings. The van der Waals surface area contributed by atoms with Crippen LogP contribution in [-0.2, 0) is 6.42 Å². The van der Waals surface area contributed by atoms with Crippen molar-refractivity contribution < 1.29 is 14.6 Å². The van der Waals surface area contributed by atoms with E-state index in [1.807, 2.05) is 12.1 Å². The Balaban J connectivity index is 2.38. The number of hydrogen-bond donors (Lipinski definition) is 2. The second-order valence-corrected chi connectivity index (χ2v) is 9.74. The summed E-state index contributed by atoms with van der Waals surface area (Å²) in [7, 11) is 1.69. The van der Waals surface area contributed by atoms with E-state index >= 15 is 0 Å². The highest BCUT2D eigenvalue weighted by molar-refractivity contribution is 5.41. The molecule has 1 aromatic rings. The van der Waals surface area contributed by atoms with Crippen molar-refractivity contribution in [2.45, 2.75) is 97.4 Å². The zero-order valence-corrected chi connectivity index (χ0v) is 20.2. The summed E-state index contributed by atoms with van der Waals surface area (Å²) in [6, 6.07) is 6.06. The number of aliphatic hydroxyl groups is 1. The van der Waals surface area contributed by atoms with E-state index in [2.05, 4.69) is 33.8 Å². The molecule has 0 amide bonds. The maximum atomic E-state index is 9.73. The largest absolute Gasteiger partial charge is 0.496 e. The predicted octanol–water partition coefficient (Wildman–Crippen LogP) is 6.13. The van der Waals surface area contributed by atoms with Gasteiger partial charge in [-0.3, -0.25) is 0 Å². The molecule has 30 heavy (non-hydrogen) atoms. The van der Waals surface area contributed by atoms with Gasteiger partial charge in [0.05, 0.1) is 20.3 Å². The summed E-state index contributed by atoms with van der Waals surface area (Å²) in [6.07, 6.45) is 11.3. The van der Waals surface area contributed by atoms with Crippen molar-refractivity contribution in [1.29, 1.82) is 0 Å². The lowest BCUT2D eigenvalue weighted by atomic mass is 9.85. The third-order valence-electron chi connectivity index (χ3n) is 5.72. The fourth-order valence-electron chi connectivity index (χ4n) is 4.02. The van der Waals surface area contributed by atoms with Gasteiger partial charge in [-0.15, -0.1) is 0 Å². The summed E-state index contributed by atoms with van der Waals surface area (Å²) in [5.74, 6) is 2.98. The Morgan fingerprint density at radius 3 is 2.23 bits per heavy atom. The highest BCUT2D eigenvalue weighted by Gasteiger charge is 2.25. The van der Waals surface area contributed by atoms with Gasteiger partial charge in [0, 0.05) is 11.6 Å². The third kappa shape index (κ3) is 11.2. The summed E-state index contributed by atoms with van der Waals surface area (Å²) in [4.78, 5) is 0. The minimum absolute atomic E-state index is 0.00637. The van der Waals surface area contributed by atoms with Crippen LogP contribution in [0.15, 0.2) is 18.2 Å². The molecule has 4 heteroatoms. The van der Waals surface area contributed by atoms with Gasteiger partial charge in [-0.1, -0.05) is 72.3 Å². The van der Waals surface area contributed by atoms with Gasteiger partial charge in [-0.05, 0) is 49.1 Å². The van der Waals surface area contributed by atoms with Gasteiger partial charge in [-0.25, -0.2) is 0 Å². The molecule has 4 nitrogen and oxygen atoms in total. The van der Waals surface area contributed by atoms with Crippen molar-refractivity contribution in [2.24, 2.45) is 17.6 Å². The zero-order valence-electron chi connectivity index (χ0n) is 20.2. The minimum atomic E-state index is -0.539. The first-order valence-corrected chi connectivity index (χ1v) is 12.0. The number of aryl methyl sites for hydroxylation is 1. The lowest BCUT2D eigenvalue weighted by Crippen LogP contribution is -2.45.